The normalized spacial score (nSPS) is 23.3. The highest BCUT2D eigenvalue weighted by molar-refractivity contribution is 6.96. The Morgan fingerprint density at radius 3 is 1.55 bits per heavy atom. The number of hydrogen-bond acceptors (Lipinski definition) is 2. The second-order valence-electron chi connectivity index (χ2n) is 30.8. The molecular weight excluding hydrogens is 918 g/mol. The molecule has 3 heteroatoms. The topological polar surface area (TPSA) is 16.4 Å². The zero-order valence-electron chi connectivity index (χ0n) is 49.9. The van der Waals surface area contributed by atoms with Crippen LogP contribution in [0.25, 0.3) is 11.0 Å². The van der Waals surface area contributed by atoms with Crippen molar-refractivity contribution in [2.24, 2.45) is 5.41 Å². The molecule has 0 spiro atoms. The molecule has 12 rings (SSSR count). The van der Waals surface area contributed by atoms with Gasteiger partial charge < -0.3 is 9.32 Å². The standard InChI is InChI=1S/C73H88BNO/c1-66(2,3)46-23-21-44(22-24-46)53-38-45-37-52(75(50-29-25-47(26-30-50)67(4,5)6)51-31-27-48(28-32-51)68(7,8)9)41-55-63-62-58(72(17)33-19-20-34-73(63,72)18)39-49(69(10,11)12)40-59(62)74(64(45)55)65-61(53)54-42-56-57(43-60(54)76-65)71(15,16)36-35-70(56,13)14/h21-32,37,39-43,53,63H,19-20,33-36,38H2,1-18H3. The summed E-state index contributed by atoms with van der Waals surface area (Å²) in [4.78, 5) is 2.60. The maximum absolute atomic E-state index is 7.91. The van der Waals surface area contributed by atoms with E-state index in [0.29, 0.717) is 0 Å². The lowest BCUT2D eigenvalue weighted by molar-refractivity contribution is 0.0925. The van der Waals surface area contributed by atoms with Crippen molar-refractivity contribution in [1.29, 1.82) is 0 Å². The van der Waals surface area contributed by atoms with E-state index >= 15 is 0 Å². The quantitative estimate of drug-likeness (QED) is 0.163. The summed E-state index contributed by atoms with van der Waals surface area (Å²) in [5.74, 6) is 0.323. The molecule has 5 aliphatic rings. The summed E-state index contributed by atoms with van der Waals surface area (Å²) >= 11 is 0. The Balaban J connectivity index is 1.21. The van der Waals surface area contributed by atoms with Crippen molar-refractivity contribution in [3.8, 4) is 0 Å². The lowest BCUT2D eigenvalue weighted by atomic mass is 9.33. The number of benzene rings is 6. The van der Waals surface area contributed by atoms with E-state index < -0.39 is 0 Å². The highest BCUT2D eigenvalue weighted by Gasteiger charge is 2.63. The Labute approximate surface area is 459 Å². The average Bonchev–Trinajstić information content (AvgIpc) is 3.67. The Kier molecular flexibility index (Phi) is 11.3. The van der Waals surface area contributed by atoms with Gasteiger partial charge in [-0.25, -0.2) is 0 Å². The van der Waals surface area contributed by atoms with Gasteiger partial charge in [0.1, 0.15) is 5.58 Å². The molecule has 0 bridgehead atoms. The molecule has 1 saturated carbocycles. The molecule has 3 aliphatic carbocycles. The Bertz CT molecular complexity index is 3400. The molecule has 1 aromatic heterocycles. The molecule has 6 aromatic carbocycles. The molecule has 0 saturated heterocycles. The third kappa shape index (κ3) is 7.75. The minimum absolute atomic E-state index is 0.0292. The van der Waals surface area contributed by atoms with Crippen LogP contribution in [0.3, 0.4) is 0 Å². The van der Waals surface area contributed by atoms with Gasteiger partial charge in [0.05, 0.1) is 5.66 Å². The number of nitrogens with zero attached hydrogens (tertiary/aromatic N) is 1. The number of furan rings is 1. The fraction of sp³-hybridized carbons (Fsp3) is 0.479. The molecule has 0 radical (unpaired) electrons. The third-order valence-corrected chi connectivity index (χ3v) is 20.9. The van der Waals surface area contributed by atoms with Gasteiger partial charge in [0.2, 0.25) is 0 Å². The monoisotopic (exact) mass is 1010 g/mol. The number of fused-ring (bicyclic) bond motifs is 10. The smallest absolute Gasteiger partial charge is 0.289 e. The van der Waals surface area contributed by atoms with Gasteiger partial charge in [0.15, 0.2) is 0 Å². The second-order valence-corrected chi connectivity index (χ2v) is 30.8. The lowest BCUT2D eigenvalue weighted by Crippen LogP contribution is -2.59. The summed E-state index contributed by atoms with van der Waals surface area (Å²) < 4.78 is 7.91. The maximum Gasteiger partial charge on any atom is 0.289 e. The van der Waals surface area contributed by atoms with E-state index in [-0.39, 0.29) is 61.9 Å². The predicted octanol–water partition coefficient (Wildman–Crippen LogP) is 17.9. The first-order valence-corrected chi connectivity index (χ1v) is 29.5. The molecule has 4 atom stereocenters. The first kappa shape index (κ1) is 51.5. The molecule has 7 aromatic rings. The molecule has 4 unspecified atom stereocenters. The fourth-order valence-corrected chi connectivity index (χ4v) is 15.7. The molecule has 2 aliphatic heterocycles. The van der Waals surface area contributed by atoms with Crippen LogP contribution in [0.2, 0.25) is 0 Å². The minimum Gasteiger partial charge on any atom is -0.470 e. The van der Waals surface area contributed by atoms with Crippen LogP contribution in [0.1, 0.15) is 242 Å². The largest absolute Gasteiger partial charge is 0.470 e. The van der Waals surface area contributed by atoms with Gasteiger partial charge in [-0.2, -0.15) is 0 Å². The Morgan fingerprint density at radius 2 is 1.01 bits per heavy atom. The maximum atomic E-state index is 7.91. The highest BCUT2D eigenvalue weighted by Crippen LogP contribution is 2.68. The van der Waals surface area contributed by atoms with Crippen LogP contribution in [0, 0.1) is 5.41 Å². The van der Waals surface area contributed by atoms with Crippen molar-refractivity contribution in [3.63, 3.8) is 0 Å². The van der Waals surface area contributed by atoms with Gasteiger partial charge in [-0.1, -0.05) is 209 Å². The van der Waals surface area contributed by atoms with Crippen LogP contribution < -0.4 is 21.5 Å². The lowest BCUT2D eigenvalue weighted by Gasteiger charge is -2.50. The number of rotatable bonds is 4. The first-order chi connectivity index (χ1) is 35.4. The van der Waals surface area contributed by atoms with Gasteiger partial charge in [-0.05, 0) is 185 Å². The molecule has 2 nitrogen and oxygen atoms in total. The van der Waals surface area contributed by atoms with Crippen molar-refractivity contribution in [2.45, 2.75) is 219 Å². The SMILES string of the molecule is CC(C)(C)c1ccc(C2Cc3cc(N(c4ccc(C(C)(C)C)cc4)c4ccc(C(C)(C)C)cc4)cc4c3B(c3cc(C(C)(C)C)cc5c3C4C3(C)CCCCC53C)c3oc4cc5c(cc4c32)C(C)(C)CCC5(C)C)cc1. The van der Waals surface area contributed by atoms with Crippen molar-refractivity contribution in [1.82, 2.24) is 0 Å². The molecule has 1 fully saturated rings. The van der Waals surface area contributed by atoms with Gasteiger partial charge in [-0.3, -0.25) is 0 Å². The summed E-state index contributed by atoms with van der Waals surface area (Å²) in [7, 11) is 0. The van der Waals surface area contributed by atoms with E-state index in [0.717, 1.165) is 12.0 Å². The molecule has 76 heavy (non-hydrogen) atoms. The average molecular weight is 1010 g/mol. The zero-order valence-corrected chi connectivity index (χ0v) is 49.9. The second kappa shape index (κ2) is 16.6. The van der Waals surface area contributed by atoms with E-state index in [1.807, 2.05) is 0 Å². The van der Waals surface area contributed by atoms with Gasteiger partial charge in [0, 0.05) is 39.8 Å². The van der Waals surface area contributed by atoms with Crippen LogP contribution in [0.15, 0.2) is 114 Å². The first-order valence-electron chi connectivity index (χ1n) is 29.5. The van der Waals surface area contributed by atoms with E-state index in [4.69, 9.17) is 4.42 Å². The van der Waals surface area contributed by atoms with Crippen molar-refractivity contribution in [2.75, 3.05) is 4.90 Å². The fourth-order valence-electron chi connectivity index (χ4n) is 15.7. The molecular formula is C73H88BNO. The summed E-state index contributed by atoms with van der Waals surface area (Å²) in [6.45, 7) is 43.5. The van der Waals surface area contributed by atoms with Crippen molar-refractivity contribution < 1.29 is 4.42 Å². The van der Waals surface area contributed by atoms with E-state index in [1.54, 1.807) is 11.1 Å². The number of hydrogen-bond donors (Lipinski definition) is 0. The van der Waals surface area contributed by atoms with Gasteiger partial charge in [0.25, 0.3) is 6.71 Å². The van der Waals surface area contributed by atoms with E-state index in [9.17, 15) is 0 Å². The van der Waals surface area contributed by atoms with Crippen LogP contribution in [-0.2, 0) is 44.3 Å². The summed E-state index contributed by atoms with van der Waals surface area (Å²) in [6.07, 6.45) is 8.22. The van der Waals surface area contributed by atoms with E-state index in [1.165, 1.54) is 133 Å². The number of anilines is 3. The van der Waals surface area contributed by atoms with Gasteiger partial charge in [-0.15, -0.1) is 0 Å². The predicted molar refractivity (Wildman–Crippen MR) is 326 cm³/mol. The zero-order chi connectivity index (χ0) is 54.2. The summed E-state index contributed by atoms with van der Waals surface area (Å²) in [5.41, 5.74) is 26.7. The van der Waals surface area contributed by atoms with Crippen LogP contribution >= 0.6 is 0 Å². The van der Waals surface area contributed by atoms with Gasteiger partial charge >= 0.3 is 0 Å². The molecule has 3 heterocycles. The highest BCUT2D eigenvalue weighted by atomic mass is 16.3. The van der Waals surface area contributed by atoms with Crippen molar-refractivity contribution in [3.05, 3.63) is 176 Å². The van der Waals surface area contributed by atoms with Crippen LogP contribution in [-0.4, -0.2) is 6.71 Å². The van der Waals surface area contributed by atoms with Crippen LogP contribution in [0.4, 0.5) is 17.1 Å². The molecule has 0 N–H and O–H groups in total. The minimum atomic E-state index is -0.0522. The third-order valence-electron chi connectivity index (χ3n) is 20.9. The Hall–Kier alpha value is -5.28. The Morgan fingerprint density at radius 1 is 0.500 bits per heavy atom. The molecule has 0 amide bonds. The van der Waals surface area contributed by atoms with Crippen molar-refractivity contribution >= 4 is 51.3 Å². The van der Waals surface area contributed by atoms with E-state index in [2.05, 4.69) is 239 Å². The van der Waals surface area contributed by atoms with Crippen LogP contribution in [0.5, 0.6) is 0 Å². The summed E-state index contributed by atoms with van der Waals surface area (Å²) in [6, 6.07) is 44.7. The summed E-state index contributed by atoms with van der Waals surface area (Å²) in [5, 5.41) is 1.32. The molecule has 394 valence electrons.